The zero-order valence-electron chi connectivity index (χ0n) is 16.1. The van der Waals surface area contributed by atoms with Crippen LogP contribution in [0.5, 0.6) is 5.75 Å². The van der Waals surface area contributed by atoms with Crippen molar-refractivity contribution < 1.29 is 14.2 Å². The molecule has 0 saturated carbocycles. The number of pyridine rings is 1. The monoisotopic (exact) mass is 379 g/mol. The molecule has 0 radical (unpaired) electrons. The molecule has 1 saturated heterocycles. The van der Waals surface area contributed by atoms with E-state index in [-0.39, 0.29) is 6.10 Å². The lowest BCUT2D eigenvalue weighted by molar-refractivity contribution is -0.136. The highest BCUT2D eigenvalue weighted by atomic mass is 16.7. The van der Waals surface area contributed by atoms with Crippen molar-refractivity contribution in [3.63, 3.8) is 0 Å². The third-order valence-electron chi connectivity index (χ3n) is 4.72. The van der Waals surface area contributed by atoms with Crippen LogP contribution in [-0.2, 0) is 16.1 Å². The number of hydrogen-bond acceptors (Lipinski definition) is 6. The van der Waals surface area contributed by atoms with Gasteiger partial charge in [-0.1, -0.05) is 30.3 Å². The van der Waals surface area contributed by atoms with Crippen molar-refractivity contribution in [2.75, 3.05) is 24.2 Å². The molecule has 1 atom stereocenters. The summed E-state index contributed by atoms with van der Waals surface area (Å²) in [7, 11) is 0. The normalized spacial score (nSPS) is 18.3. The Morgan fingerprint density at radius 1 is 1.21 bits per heavy atom. The molecule has 1 aliphatic heterocycles. The summed E-state index contributed by atoms with van der Waals surface area (Å²) in [6.07, 6.45) is 1.73. The largest absolute Gasteiger partial charge is 0.489 e. The molecule has 3 N–H and O–H groups in total. The Morgan fingerprint density at radius 3 is 2.79 bits per heavy atom. The zero-order valence-corrected chi connectivity index (χ0v) is 16.1. The summed E-state index contributed by atoms with van der Waals surface area (Å²) in [6, 6.07) is 15.8. The number of fused-ring (bicyclic) bond motifs is 1. The second kappa shape index (κ2) is 7.66. The second-order valence-electron chi connectivity index (χ2n) is 7.37. The predicted octanol–water partition coefficient (Wildman–Crippen LogP) is 3.96. The Morgan fingerprint density at radius 2 is 2.04 bits per heavy atom. The van der Waals surface area contributed by atoms with Crippen molar-refractivity contribution in [1.82, 2.24) is 4.98 Å². The summed E-state index contributed by atoms with van der Waals surface area (Å²) in [5.74, 6) is 0.234. The van der Waals surface area contributed by atoms with Crippen LogP contribution in [0.3, 0.4) is 0 Å². The Hall–Kier alpha value is -2.83. The number of rotatable bonds is 6. The van der Waals surface area contributed by atoms with E-state index >= 15 is 0 Å². The molecule has 1 fully saturated rings. The third kappa shape index (κ3) is 4.18. The number of nitrogens with zero attached hydrogens (tertiary/aromatic N) is 1. The molecule has 28 heavy (non-hydrogen) atoms. The molecule has 1 unspecified atom stereocenters. The van der Waals surface area contributed by atoms with E-state index in [1.54, 1.807) is 6.20 Å². The number of benzene rings is 2. The van der Waals surface area contributed by atoms with Crippen molar-refractivity contribution >= 4 is 22.3 Å². The van der Waals surface area contributed by atoms with E-state index in [1.807, 2.05) is 62.4 Å². The maximum atomic E-state index is 6.36. The van der Waals surface area contributed by atoms with E-state index in [0.717, 1.165) is 27.9 Å². The van der Waals surface area contributed by atoms with Gasteiger partial charge in [0.05, 0.1) is 29.7 Å². The van der Waals surface area contributed by atoms with E-state index in [1.165, 1.54) is 0 Å². The van der Waals surface area contributed by atoms with Gasteiger partial charge in [0, 0.05) is 18.0 Å². The van der Waals surface area contributed by atoms with Gasteiger partial charge in [0.15, 0.2) is 5.79 Å². The van der Waals surface area contributed by atoms with Crippen LogP contribution in [0, 0.1) is 0 Å². The summed E-state index contributed by atoms with van der Waals surface area (Å²) < 4.78 is 17.3. The van der Waals surface area contributed by atoms with Crippen LogP contribution >= 0.6 is 0 Å². The average Bonchev–Trinajstić information content (AvgIpc) is 3.05. The third-order valence-corrected chi connectivity index (χ3v) is 4.72. The summed E-state index contributed by atoms with van der Waals surface area (Å²) in [4.78, 5) is 4.54. The molecule has 146 valence electrons. The van der Waals surface area contributed by atoms with E-state index in [9.17, 15) is 0 Å². The van der Waals surface area contributed by atoms with Crippen molar-refractivity contribution in [2.45, 2.75) is 32.3 Å². The molecular weight excluding hydrogens is 354 g/mol. The lowest BCUT2D eigenvalue weighted by atomic mass is 10.1. The molecule has 3 aromatic rings. The highest BCUT2D eigenvalue weighted by Gasteiger charge is 2.32. The molecule has 0 aliphatic carbocycles. The maximum absolute atomic E-state index is 6.36. The van der Waals surface area contributed by atoms with Crippen molar-refractivity contribution in [3.8, 4) is 5.75 Å². The smallest absolute Gasteiger partial charge is 0.163 e. The number of nitrogens with one attached hydrogen (secondary N) is 1. The van der Waals surface area contributed by atoms with Crippen LogP contribution in [0.15, 0.2) is 54.7 Å². The van der Waals surface area contributed by atoms with Gasteiger partial charge in [0.2, 0.25) is 0 Å². The molecule has 1 aromatic heterocycles. The Bertz CT molecular complexity index is 960. The van der Waals surface area contributed by atoms with E-state index < -0.39 is 5.79 Å². The van der Waals surface area contributed by atoms with Crippen molar-refractivity contribution in [3.05, 3.63) is 60.3 Å². The molecule has 0 spiro atoms. The SMILES string of the molecule is CC1(C)OCC(CNc2cnc3cc(OCc4ccccc4)ccc3c2N)O1. The maximum Gasteiger partial charge on any atom is 0.163 e. The molecule has 0 amide bonds. The summed E-state index contributed by atoms with van der Waals surface area (Å²) >= 11 is 0. The molecule has 6 nitrogen and oxygen atoms in total. The average molecular weight is 379 g/mol. The first-order chi connectivity index (χ1) is 13.5. The van der Waals surface area contributed by atoms with Gasteiger partial charge in [-0.25, -0.2) is 0 Å². The molecule has 2 heterocycles. The highest BCUT2D eigenvalue weighted by molar-refractivity contribution is 5.96. The number of anilines is 2. The van der Waals surface area contributed by atoms with Gasteiger partial charge in [-0.2, -0.15) is 0 Å². The predicted molar refractivity (Wildman–Crippen MR) is 110 cm³/mol. The Kier molecular flexibility index (Phi) is 5.07. The van der Waals surface area contributed by atoms with Crippen molar-refractivity contribution in [2.24, 2.45) is 0 Å². The van der Waals surface area contributed by atoms with Crippen LogP contribution in [0.25, 0.3) is 10.9 Å². The van der Waals surface area contributed by atoms with Gasteiger partial charge in [0.25, 0.3) is 0 Å². The van der Waals surface area contributed by atoms with Gasteiger partial charge in [-0.05, 0) is 31.5 Å². The minimum absolute atomic E-state index is 0.0149. The number of ether oxygens (including phenoxy) is 3. The van der Waals surface area contributed by atoms with Crippen molar-refractivity contribution in [1.29, 1.82) is 0 Å². The van der Waals surface area contributed by atoms with Gasteiger partial charge in [0.1, 0.15) is 18.5 Å². The minimum atomic E-state index is -0.532. The first kappa shape index (κ1) is 18.5. The highest BCUT2D eigenvalue weighted by Crippen LogP contribution is 2.30. The summed E-state index contributed by atoms with van der Waals surface area (Å²) in [6.45, 7) is 5.51. The quantitative estimate of drug-likeness (QED) is 0.675. The van der Waals surface area contributed by atoms with Crippen LogP contribution in [0.1, 0.15) is 19.4 Å². The fourth-order valence-corrected chi connectivity index (χ4v) is 3.25. The summed E-state index contributed by atoms with van der Waals surface area (Å²) in [5, 5.41) is 4.21. The number of nitrogen functional groups attached to an aromatic ring is 1. The molecule has 4 rings (SSSR count). The van der Waals surface area contributed by atoms with Crippen LogP contribution in [0.2, 0.25) is 0 Å². The fraction of sp³-hybridized carbons (Fsp3) is 0.318. The summed E-state index contributed by atoms with van der Waals surface area (Å²) in [5.41, 5.74) is 9.73. The van der Waals surface area contributed by atoms with E-state index in [2.05, 4.69) is 10.3 Å². The lowest BCUT2D eigenvalue weighted by Gasteiger charge is -2.18. The van der Waals surface area contributed by atoms with Gasteiger partial charge in [-0.15, -0.1) is 0 Å². The van der Waals surface area contributed by atoms with Gasteiger partial charge >= 0.3 is 0 Å². The van der Waals surface area contributed by atoms with E-state index in [4.69, 9.17) is 19.9 Å². The Balaban J connectivity index is 1.44. The second-order valence-corrected chi connectivity index (χ2v) is 7.37. The number of nitrogens with two attached hydrogens (primary N) is 1. The van der Waals surface area contributed by atoms with Crippen LogP contribution < -0.4 is 15.8 Å². The zero-order chi connectivity index (χ0) is 19.6. The fourth-order valence-electron chi connectivity index (χ4n) is 3.25. The molecule has 1 aliphatic rings. The molecule has 6 heteroatoms. The first-order valence-electron chi connectivity index (χ1n) is 9.41. The number of aromatic nitrogens is 1. The van der Waals surface area contributed by atoms with Gasteiger partial charge in [-0.3, -0.25) is 4.98 Å². The lowest BCUT2D eigenvalue weighted by Crippen LogP contribution is -2.26. The van der Waals surface area contributed by atoms with Crippen LogP contribution in [-0.4, -0.2) is 30.0 Å². The van der Waals surface area contributed by atoms with E-state index in [0.29, 0.717) is 25.4 Å². The molecule has 0 bridgehead atoms. The number of hydrogen-bond donors (Lipinski definition) is 2. The van der Waals surface area contributed by atoms with Gasteiger partial charge < -0.3 is 25.3 Å². The van der Waals surface area contributed by atoms with Crippen LogP contribution in [0.4, 0.5) is 11.4 Å². The molecular formula is C22H25N3O3. The minimum Gasteiger partial charge on any atom is -0.489 e. The molecule has 2 aromatic carbocycles. The Labute approximate surface area is 164 Å². The topological polar surface area (TPSA) is 78.6 Å². The first-order valence-corrected chi connectivity index (χ1v) is 9.41. The standard InChI is InChI=1S/C22H25N3O3/c1-22(2)27-14-17(28-22)11-24-20-12-25-19-10-16(8-9-18(19)21(20)23)26-13-15-6-4-3-5-7-15/h3-10,12,17,24H,11,13-14H2,1-2H3,(H2,23,25).